The summed E-state index contributed by atoms with van der Waals surface area (Å²) >= 11 is 1.75. The Kier molecular flexibility index (Phi) is 8.56. The van der Waals surface area contributed by atoms with E-state index in [1.54, 1.807) is 18.0 Å². The van der Waals surface area contributed by atoms with Crippen LogP contribution in [0.4, 0.5) is 0 Å². The van der Waals surface area contributed by atoms with Gasteiger partial charge in [0.2, 0.25) is 5.91 Å². The Labute approximate surface area is 223 Å². The molecule has 5 rings (SSSR count). The molecule has 1 aromatic heterocycles. The van der Waals surface area contributed by atoms with Crippen molar-refractivity contribution in [1.29, 1.82) is 0 Å². The van der Waals surface area contributed by atoms with E-state index < -0.39 is 5.60 Å². The molecule has 37 heavy (non-hydrogen) atoms. The van der Waals surface area contributed by atoms with Crippen molar-refractivity contribution in [3.63, 3.8) is 0 Å². The van der Waals surface area contributed by atoms with E-state index in [2.05, 4.69) is 20.5 Å². The first kappa shape index (κ1) is 25.9. The van der Waals surface area contributed by atoms with Gasteiger partial charge in [0, 0.05) is 24.7 Å². The second-order valence-corrected chi connectivity index (χ2v) is 11.1. The molecule has 3 heterocycles. The molecular formula is C30H36N4O2S. The smallest absolute Gasteiger partial charge is 0.238 e. The molecule has 0 bridgehead atoms. The molecule has 0 radical (unpaired) electrons. The maximum absolute atomic E-state index is 12.7. The SMILES string of the molecule is O=C(NCCCN1CCC(C(O)(c2ccccc2)c2ccccc2)CC1)[C@@H]1CSC(c2cccnc2)N1. The van der Waals surface area contributed by atoms with Gasteiger partial charge < -0.3 is 15.3 Å². The molecule has 7 heteroatoms. The lowest BCUT2D eigenvalue weighted by atomic mass is 9.72. The van der Waals surface area contributed by atoms with E-state index in [1.165, 1.54) is 0 Å². The number of pyridine rings is 1. The Bertz CT molecular complexity index is 1080. The molecule has 0 spiro atoms. The molecule has 0 saturated carbocycles. The molecule has 194 valence electrons. The highest BCUT2D eigenvalue weighted by Crippen LogP contribution is 2.41. The number of hydrogen-bond donors (Lipinski definition) is 3. The Morgan fingerprint density at radius 1 is 1.03 bits per heavy atom. The fourth-order valence-corrected chi connectivity index (χ4v) is 6.81. The largest absolute Gasteiger partial charge is 0.380 e. The fourth-order valence-electron chi connectivity index (χ4n) is 5.58. The van der Waals surface area contributed by atoms with E-state index in [9.17, 15) is 9.90 Å². The summed E-state index contributed by atoms with van der Waals surface area (Å²) in [7, 11) is 0. The summed E-state index contributed by atoms with van der Waals surface area (Å²) in [4.78, 5) is 19.3. The van der Waals surface area contributed by atoms with E-state index in [0.29, 0.717) is 6.54 Å². The number of carbonyl (C=O) groups is 1. The number of nitrogens with one attached hydrogen (secondary N) is 2. The lowest BCUT2D eigenvalue weighted by Crippen LogP contribution is -2.45. The van der Waals surface area contributed by atoms with E-state index in [4.69, 9.17) is 0 Å². The fraction of sp³-hybridized carbons (Fsp3) is 0.400. The molecule has 2 saturated heterocycles. The van der Waals surface area contributed by atoms with E-state index in [1.807, 2.05) is 79.0 Å². The molecule has 2 atom stereocenters. The van der Waals surface area contributed by atoms with Gasteiger partial charge in [-0.3, -0.25) is 15.1 Å². The summed E-state index contributed by atoms with van der Waals surface area (Å²) < 4.78 is 0. The van der Waals surface area contributed by atoms with Crippen molar-refractivity contribution < 1.29 is 9.90 Å². The molecule has 2 aliphatic heterocycles. The molecule has 6 nitrogen and oxygen atoms in total. The number of piperidine rings is 1. The van der Waals surface area contributed by atoms with E-state index >= 15 is 0 Å². The topological polar surface area (TPSA) is 77.5 Å². The van der Waals surface area contributed by atoms with Crippen LogP contribution in [0, 0.1) is 5.92 Å². The van der Waals surface area contributed by atoms with Crippen molar-refractivity contribution in [3.05, 3.63) is 102 Å². The number of rotatable bonds is 9. The minimum atomic E-state index is -0.984. The third-order valence-electron chi connectivity index (χ3n) is 7.64. The van der Waals surface area contributed by atoms with Crippen LogP contribution < -0.4 is 10.6 Å². The van der Waals surface area contributed by atoms with Gasteiger partial charge in [-0.25, -0.2) is 0 Å². The highest BCUT2D eigenvalue weighted by atomic mass is 32.2. The van der Waals surface area contributed by atoms with Gasteiger partial charge in [-0.15, -0.1) is 11.8 Å². The van der Waals surface area contributed by atoms with Gasteiger partial charge in [-0.1, -0.05) is 66.7 Å². The van der Waals surface area contributed by atoms with Crippen LogP contribution in [-0.2, 0) is 10.4 Å². The Morgan fingerprint density at radius 2 is 1.70 bits per heavy atom. The highest BCUT2D eigenvalue weighted by molar-refractivity contribution is 7.99. The average molecular weight is 517 g/mol. The Balaban J connectivity index is 1.08. The van der Waals surface area contributed by atoms with Crippen LogP contribution in [-0.4, -0.2) is 58.9 Å². The van der Waals surface area contributed by atoms with Crippen molar-refractivity contribution in [2.45, 2.75) is 36.3 Å². The van der Waals surface area contributed by atoms with Crippen LogP contribution in [0.15, 0.2) is 85.2 Å². The zero-order chi connectivity index (χ0) is 25.5. The first-order valence-corrected chi connectivity index (χ1v) is 14.3. The van der Waals surface area contributed by atoms with Crippen molar-refractivity contribution in [1.82, 2.24) is 20.5 Å². The quantitative estimate of drug-likeness (QED) is 0.374. The number of benzene rings is 2. The maximum atomic E-state index is 12.7. The maximum Gasteiger partial charge on any atom is 0.238 e. The number of carbonyl (C=O) groups excluding carboxylic acids is 1. The molecular weight excluding hydrogens is 480 g/mol. The van der Waals surface area contributed by atoms with Crippen molar-refractivity contribution in [2.75, 3.05) is 31.9 Å². The van der Waals surface area contributed by atoms with Crippen LogP contribution in [0.1, 0.15) is 41.3 Å². The van der Waals surface area contributed by atoms with Crippen LogP contribution >= 0.6 is 11.8 Å². The summed E-state index contributed by atoms with van der Waals surface area (Å²) in [5, 5.41) is 18.7. The molecule has 2 aliphatic rings. The number of likely N-dealkylation sites (tertiary alicyclic amines) is 1. The van der Waals surface area contributed by atoms with E-state index in [-0.39, 0.29) is 23.2 Å². The average Bonchev–Trinajstić information content (AvgIpc) is 3.47. The summed E-state index contributed by atoms with van der Waals surface area (Å²) in [6, 6.07) is 24.0. The Morgan fingerprint density at radius 3 is 2.32 bits per heavy atom. The van der Waals surface area contributed by atoms with Gasteiger partial charge >= 0.3 is 0 Å². The van der Waals surface area contributed by atoms with Crippen LogP contribution in [0.25, 0.3) is 0 Å². The lowest BCUT2D eigenvalue weighted by Gasteiger charge is -2.42. The zero-order valence-corrected chi connectivity index (χ0v) is 21.9. The summed E-state index contributed by atoms with van der Waals surface area (Å²) in [5.74, 6) is 1.00. The summed E-state index contributed by atoms with van der Waals surface area (Å²) in [5.41, 5.74) is 2.05. The normalized spacial score (nSPS) is 21.1. The molecule has 2 fully saturated rings. The molecule has 1 amide bonds. The predicted octanol–water partition coefficient (Wildman–Crippen LogP) is 3.94. The lowest BCUT2D eigenvalue weighted by molar-refractivity contribution is -0.122. The molecule has 3 N–H and O–H groups in total. The molecule has 2 aromatic carbocycles. The van der Waals surface area contributed by atoms with Crippen LogP contribution in [0.2, 0.25) is 0 Å². The number of nitrogens with zero attached hydrogens (tertiary/aromatic N) is 2. The molecule has 3 aromatic rings. The van der Waals surface area contributed by atoms with Gasteiger partial charge in [0.15, 0.2) is 0 Å². The number of amides is 1. The number of hydrogen-bond acceptors (Lipinski definition) is 6. The van der Waals surface area contributed by atoms with Gasteiger partial charge in [-0.05, 0) is 67.6 Å². The van der Waals surface area contributed by atoms with E-state index in [0.717, 1.165) is 61.3 Å². The van der Waals surface area contributed by atoms with Gasteiger partial charge in [0.05, 0.1) is 11.4 Å². The standard InChI is InChI=1S/C30H36N4O2S/c35-28(27-22-37-29(33-27)23-9-7-16-31-21-23)32-17-8-18-34-19-14-26(15-20-34)30(36,24-10-3-1-4-11-24)25-12-5-2-6-13-25/h1-7,9-13,16,21,26-27,29,33,36H,8,14-15,17-20,22H2,(H,32,35)/t27-,29?/m0/s1. The monoisotopic (exact) mass is 516 g/mol. The van der Waals surface area contributed by atoms with Gasteiger partial charge in [0.1, 0.15) is 5.60 Å². The second kappa shape index (κ2) is 12.2. The minimum absolute atomic E-state index is 0.0772. The Hall–Kier alpha value is -2.71. The third-order valence-corrected chi connectivity index (χ3v) is 8.91. The van der Waals surface area contributed by atoms with Gasteiger partial charge in [0.25, 0.3) is 0 Å². The number of thioether (sulfide) groups is 1. The first-order chi connectivity index (χ1) is 18.1. The minimum Gasteiger partial charge on any atom is -0.380 e. The van der Waals surface area contributed by atoms with Crippen molar-refractivity contribution in [2.24, 2.45) is 5.92 Å². The zero-order valence-electron chi connectivity index (χ0n) is 21.1. The van der Waals surface area contributed by atoms with Crippen LogP contribution in [0.5, 0.6) is 0 Å². The van der Waals surface area contributed by atoms with Crippen molar-refractivity contribution in [3.8, 4) is 0 Å². The number of aromatic nitrogens is 1. The summed E-state index contributed by atoms with van der Waals surface area (Å²) in [6.07, 6.45) is 6.42. The van der Waals surface area contributed by atoms with Crippen LogP contribution in [0.3, 0.4) is 0 Å². The van der Waals surface area contributed by atoms with Crippen molar-refractivity contribution >= 4 is 17.7 Å². The highest BCUT2D eigenvalue weighted by Gasteiger charge is 2.41. The third kappa shape index (κ3) is 6.07. The summed E-state index contributed by atoms with van der Waals surface area (Å²) in [6.45, 7) is 3.53. The molecule has 0 aliphatic carbocycles. The number of aliphatic hydroxyl groups is 1. The first-order valence-electron chi connectivity index (χ1n) is 13.3. The second-order valence-electron chi connectivity index (χ2n) is 9.98. The predicted molar refractivity (Wildman–Crippen MR) is 149 cm³/mol. The van der Waals surface area contributed by atoms with Gasteiger partial charge in [-0.2, -0.15) is 0 Å². The molecule has 1 unspecified atom stereocenters.